The van der Waals surface area contributed by atoms with Crippen LogP contribution in [0, 0.1) is 0 Å². The quantitative estimate of drug-likeness (QED) is 0.868. The molecule has 1 saturated heterocycles. The minimum absolute atomic E-state index is 0.102. The maximum absolute atomic E-state index is 12.5. The topological polar surface area (TPSA) is 49.4 Å². The van der Waals surface area contributed by atoms with Crippen LogP contribution in [-0.2, 0) is 22.3 Å². The standard InChI is InChI=1S/C15H24N2O2S2/c1-3-16-10-14-5-4-6-15(9-14)12-21(18,19)17-7-8-20-13(2)11-17/h4-6,9,13,16H,3,7-8,10-12H2,1-2H3. The summed E-state index contributed by atoms with van der Waals surface area (Å²) >= 11 is 1.84. The predicted octanol–water partition coefficient (Wildman–Crippen LogP) is 2.06. The zero-order valence-electron chi connectivity index (χ0n) is 12.7. The molecule has 2 rings (SSSR count). The molecule has 0 spiro atoms. The van der Waals surface area contributed by atoms with E-state index in [0.717, 1.165) is 30.0 Å². The number of benzene rings is 1. The number of nitrogens with one attached hydrogen (secondary N) is 1. The normalized spacial score (nSPS) is 20.6. The number of hydrogen-bond donors (Lipinski definition) is 1. The second kappa shape index (κ2) is 7.63. The summed E-state index contributed by atoms with van der Waals surface area (Å²) in [6, 6.07) is 7.85. The number of nitrogens with zero attached hydrogens (tertiary/aromatic N) is 1. The Morgan fingerprint density at radius 1 is 1.38 bits per heavy atom. The fourth-order valence-corrected chi connectivity index (χ4v) is 5.27. The molecular formula is C15H24N2O2S2. The van der Waals surface area contributed by atoms with Gasteiger partial charge >= 0.3 is 0 Å². The smallest absolute Gasteiger partial charge is 0.218 e. The highest BCUT2D eigenvalue weighted by Gasteiger charge is 2.27. The summed E-state index contributed by atoms with van der Waals surface area (Å²) in [5, 5.41) is 3.64. The zero-order valence-corrected chi connectivity index (χ0v) is 14.3. The Labute approximate surface area is 132 Å². The van der Waals surface area contributed by atoms with Gasteiger partial charge < -0.3 is 5.32 Å². The molecule has 1 aliphatic heterocycles. The monoisotopic (exact) mass is 328 g/mol. The van der Waals surface area contributed by atoms with Gasteiger partial charge in [0.2, 0.25) is 10.0 Å². The highest BCUT2D eigenvalue weighted by molar-refractivity contribution is 8.00. The van der Waals surface area contributed by atoms with Crippen LogP contribution < -0.4 is 5.32 Å². The summed E-state index contributed by atoms with van der Waals surface area (Å²) in [6.45, 7) is 7.10. The Kier molecular flexibility index (Phi) is 6.10. The summed E-state index contributed by atoms with van der Waals surface area (Å²) in [7, 11) is -3.21. The predicted molar refractivity (Wildman–Crippen MR) is 89.9 cm³/mol. The lowest BCUT2D eigenvalue weighted by molar-refractivity contribution is 0.423. The van der Waals surface area contributed by atoms with Crippen molar-refractivity contribution in [1.82, 2.24) is 9.62 Å². The van der Waals surface area contributed by atoms with Gasteiger partial charge in [-0.25, -0.2) is 8.42 Å². The van der Waals surface area contributed by atoms with Gasteiger partial charge in [0.15, 0.2) is 0 Å². The van der Waals surface area contributed by atoms with E-state index in [1.165, 1.54) is 0 Å². The molecule has 118 valence electrons. The molecule has 1 N–H and O–H groups in total. The van der Waals surface area contributed by atoms with Gasteiger partial charge in [-0.2, -0.15) is 16.1 Å². The molecule has 1 aliphatic rings. The van der Waals surface area contributed by atoms with Crippen LogP contribution >= 0.6 is 11.8 Å². The van der Waals surface area contributed by atoms with E-state index < -0.39 is 10.0 Å². The zero-order chi connectivity index (χ0) is 15.3. The molecule has 0 bridgehead atoms. The molecule has 0 aromatic heterocycles. The number of sulfonamides is 1. The number of thioether (sulfide) groups is 1. The van der Waals surface area contributed by atoms with Gasteiger partial charge in [0.1, 0.15) is 0 Å². The molecule has 4 nitrogen and oxygen atoms in total. The van der Waals surface area contributed by atoms with Crippen molar-refractivity contribution in [1.29, 1.82) is 0 Å². The van der Waals surface area contributed by atoms with E-state index in [1.54, 1.807) is 4.31 Å². The van der Waals surface area contributed by atoms with Crippen molar-refractivity contribution in [3.63, 3.8) is 0 Å². The first-order valence-corrected chi connectivity index (χ1v) is 10.0. The average Bonchev–Trinajstić information content (AvgIpc) is 2.45. The average molecular weight is 329 g/mol. The van der Waals surface area contributed by atoms with Crippen molar-refractivity contribution in [2.75, 3.05) is 25.4 Å². The molecule has 1 atom stereocenters. The maximum atomic E-state index is 12.5. The van der Waals surface area contributed by atoms with E-state index in [1.807, 2.05) is 36.0 Å². The molecule has 0 radical (unpaired) electrons. The summed E-state index contributed by atoms with van der Waals surface area (Å²) in [5.41, 5.74) is 2.00. The minimum atomic E-state index is -3.21. The van der Waals surface area contributed by atoms with Crippen LogP contribution in [0.1, 0.15) is 25.0 Å². The van der Waals surface area contributed by atoms with E-state index in [4.69, 9.17) is 0 Å². The molecule has 6 heteroatoms. The molecule has 1 unspecified atom stereocenters. The largest absolute Gasteiger partial charge is 0.313 e. The van der Waals surface area contributed by atoms with Crippen molar-refractivity contribution in [3.8, 4) is 0 Å². The maximum Gasteiger partial charge on any atom is 0.218 e. The fraction of sp³-hybridized carbons (Fsp3) is 0.600. The van der Waals surface area contributed by atoms with E-state index >= 15 is 0 Å². The SMILES string of the molecule is CCNCc1cccc(CS(=O)(=O)N2CCSC(C)C2)c1. The van der Waals surface area contributed by atoms with E-state index in [2.05, 4.69) is 19.2 Å². The van der Waals surface area contributed by atoms with Gasteiger partial charge in [0.05, 0.1) is 5.75 Å². The van der Waals surface area contributed by atoms with E-state index in [0.29, 0.717) is 18.3 Å². The van der Waals surface area contributed by atoms with E-state index in [-0.39, 0.29) is 5.75 Å². The molecule has 1 aromatic rings. The third-order valence-corrected chi connectivity index (χ3v) is 6.47. The Balaban J connectivity index is 2.05. The molecule has 1 fully saturated rings. The van der Waals surface area contributed by atoms with Crippen LogP contribution in [0.5, 0.6) is 0 Å². The molecule has 1 aromatic carbocycles. The van der Waals surface area contributed by atoms with Crippen LogP contribution in [0.4, 0.5) is 0 Å². The summed E-state index contributed by atoms with van der Waals surface area (Å²) in [4.78, 5) is 0. The third kappa shape index (κ3) is 4.98. The van der Waals surface area contributed by atoms with Crippen molar-refractivity contribution < 1.29 is 8.42 Å². The first-order chi connectivity index (χ1) is 10.0. The van der Waals surface area contributed by atoms with Gasteiger partial charge in [-0.3, -0.25) is 0 Å². The first kappa shape index (κ1) is 16.8. The van der Waals surface area contributed by atoms with E-state index in [9.17, 15) is 8.42 Å². The second-order valence-corrected chi connectivity index (χ2v) is 8.91. The first-order valence-electron chi connectivity index (χ1n) is 7.39. The Morgan fingerprint density at radius 3 is 2.86 bits per heavy atom. The van der Waals surface area contributed by atoms with Gasteiger partial charge in [0, 0.05) is 30.6 Å². The molecule has 0 amide bonds. The van der Waals surface area contributed by atoms with Gasteiger partial charge in [-0.1, -0.05) is 38.1 Å². The van der Waals surface area contributed by atoms with Crippen molar-refractivity contribution >= 4 is 21.8 Å². The minimum Gasteiger partial charge on any atom is -0.313 e. The van der Waals surface area contributed by atoms with Crippen LogP contribution in [-0.4, -0.2) is 43.4 Å². The molecular weight excluding hydrogens is 304 g/mol. The van der Waals surface area contributed by atoms with Crippen molar-refractivity contribution in [2.24, 2.45) is 0 Å². The third-order valence-electron chi connectivity index (χ3n) is 3.52. The Bertz CT molecular complexity index is 561. The van der Waals surface area contributed by atoms with Crippen molar-refractivity contribution in [3.05, 3.63) is 35.4 Å². The van der Waals surface area contributed by atoms with Crippen LogP contribution in [0.3, 0.4) is 0 Å². The molecule has 21 heavy (non-hydrogen) atoms. The summed E-state index contributed by atoms with van der Waals surface area (Å²) in [5.74, 6) is 0.991. The van der Waals surface area contributed by atoms with Crippen LogP contribution in [0.15, 0.2) is 24.3 Å². The van der Waals surface area contributed by atoms with Gasteiger partial charge in [-0.05, 0) is 17.7 Å². The highest BCUT2D eigenvalue weighted by Crippen LogP contribution is 2.22. The Hall–Kier alpha value is -0.560. The summed E-state index contributed by atoms with van der Waals surface area (Å²) in [6.07, 6.45) is 0. The molecule has 0 aliphatic carbocycles. The van der Waals surface area contributed by atoms with Gasteiger partial charge in [0.25, 0.3) is 0 Å². The van der Waals surface area contributed by atoms with Crippen LogP contribution in [0.25, 0.3) is 0 Å². The lowest BCUT2D eigenvalue weighted by Gasteiger charge is -2.29. The van der Waals surface area contributed by atoms with Crippen LogP contribution in [0.2, 0.25) is 0 Å². The fourth-order valence-electron chi connectivity index (χ4n) is 2.44. The second-order valence-electron chi connectivity index (χ2n) is 5.40. The summed E-state index contributed by atoms with van der Waals surface area (Å²) < 4.78 is 26.7. The lowest BCUT2D eigenvalue weighted by Crippen LogP contribution is -2.41. The van der Waals surface area contributed by atoms with Crippen molar-refractivity contribution in [2.45, 2.75) is 31.4 Å². The highest BCUT2D eigenvalue weighted by atomic mass is 32.2. The van der Waals surface area contributed by atoms with Gasteiger partial charge in [-0.15, -0.1) is 0 Å². The number of rotatable bonds is 6. The number of hydrogen-bond acceptors (Lipinski definition) is 4. The molecule has 1 heterocycles. The lowest BCUT2D eigenvalue weighted by atomic mass is 10.1. The molecule has 0 saturated carbocycles. The Morgan fingerprint density at radius 2 is 2.14 bits per heavy atom.